The molecule has 3 aromatic rings. The standard InChI is InChI=1S/C18H18BrFN4O2S/c1-23(2)15-9-12(18-17(19)11-21-24(18)3)8-14(10-15)22-27(25,26)16-6-4-13(20)5-7-16/h4-11,22H,1-3H3. The molecule has 0 atom stereocenters. The van der Waals surface area contributed by atoms with Gasteiger partial charge in [0.2, 0.25) is 0 Å². The van der Waals surface area contributed by atoms with E-state index in [4.69, 9.17) is 0 Å². The van der Waals surface area contributed by atoms with Crippen LogP contribution in [-0.2, 0) is 17.1 Å². The average molecular weight is 453 g/mol. The highest BCUT2D eigenvalue weighted by molar-refractivity contribution is 9.10. The predicted octanol–water partition coefficient (Wildman–Crippen LogP) is 3.86. The number of nitrogens with one attached hydrogen (secondary N) is 1. The Labute approximate surface area is 165 Å². The van der Waals surface area contributed by atoms with Crippen molar-refractivity contribution >= 4 is 37.3 Å². The maximum Gasteiger partial charge on any atom is 0.261 e. The van der Waals surface area contributed by atoms with Crippen molar-refractivity contribution < 1.29 is 12.8 Å². The van der Waals surface area contributed by atoms with Gasteiger partial charge < -0.3 is 4.90 Å². The van der Waals surface area contributed by atoms with E-state index >= 15 is 0 Å². The van der Waals surface area contributed by atoms with Gasteiger partial charge in [-0.15, -0.1) is 0 Å². The first-order valence-electron chi connectivity index (χ1n) is 7.96. The van der Waals surface area contributed by atoms with Crippen molar-refractivity contribution in [1.82, 2.24) is 9.78 Å². The number of sulfonamides is 1. The zero-order chi connectivity index (χ0) is 19.8. The third-order valence-electron chi connectivity index (χ3n) is 3.98. The lowest BCUT2D eigenvalue weighted by Gasteiger charge is -2.17. The Balaban J connectivity index is 2.06. The summed E-state index contributed by atoms with van der Waals surface area (Å²) in [5, 5.41) is 4.21. The van der Waals surface area contributed by atoms with Crippen LogP contribution in [0.15, 0.2) is 58.0 Å². The molecule has 0 aliphatic carbocycles. The molecule has 9 heteroatoms. The molecular formula is C18H18BrFN4O2S. The van der Waals surface area contributed by atoms with Gasteiger partial charge in [-0.3, -0.25) is 9.40 Å². The molecule has 142 valence electrons. The zero-order valence-electron chi connectivity index (χ0n) is 14.9. The SMILES string of the molecule is CN(C)c1cc(NS(=O)(=O)c2ccc(F)cc2)cc(-c2c(Br)cnn2C)c1. The molecule has 1 heterocycles. The van der Waals surface area contributed by atoms with E-state index in [0.717, 1.165) is 33.6 Å². The summed E-state index contributed by atoms with van der Waals surface area (Å²) in [5.41, 5.74) is 2.83. The number of hydrogen-bond acceptors (Lipinski definition) is 4. The van der Waals surface area contributed by atoms with Gasteiger partial charge >= 0.3 is 0 Å². The van der Waals surface area contributed by atoms with E-state index in [0.29, 0.717) is 5.69 Å². The lowest BCUT2D eigenvalue weighted by atomic mass is 10.1. The van der Waals surface area contributed by atoms with Crippen molar-refractivity contribution in [3.8, 4) is 11.3 Å². The summed E-state index contributed by atoms with van der Waals surface area (Å²) in [4.78, 5) is 1.87. The lowest BCUT2D eigenvalue weighted by molar-refractivity contribution is 0.599. The van der Waals surface area contributed by atoms with Gasteiger partial charge in [0.05, 0.1) is 26.9 Å². The number of rotatable bonds is 5. The highest BCUT2D eigenvalue weighted by Crippen LogP contribution is 2.33. The van der Waals surface area contributed by atoms with Crippen LogP contribution in [0.1, 0.15) is 0 Å². The van der Waals surface area contributed by atoms with Crippen molar-refractivity contribution in [2.75, 3.05) is 23.7 Å². The molecule has 27 heavy (non-hydrogen) atoms. The third kappa shape index (κ3) is 4.14. The van der Waals surface area contributed by atoms with E-state index in [1.165, 1.54) is 12.1 Å². The van der Waals surface area contributed by atoms with Gasteiger partial charge in [-0.1, -0.05) is 0 Å². The van der Waals surface area contributed by atoms with Crippen LogP contribution in [0.4, 0.5) is 15.8 Å². The minimum Gasteiger partial charge on any atom is -0.378 e. The van der Waals surface area contributed by atoms with Crippen molar-refractivity contribution in [2.24, 2.45) is 7.05 Å². The molecule has 3 rings (SSSR count). The number of halogens is 2. The maximum atomic E-state index is 13.1. The van der Waals surface area contributed by atoms with Crippen LogP contribution in [0.5, 0.6) is 0 Å². The first-order valence-corrected chi connectivity index (χ1v) is 10.2. The highest BCUT2D eigenvalue weighted by Gasteiger charge is 2.17. The maximum absolute atomic E-state index is 13.1. The highest BCUT2D eigenvalue weighted by atomic mass is 79.9. The van der Waals surface area contributed by atoms with Crippen LogP contribution in [0, 0.1) is 5.82 Å². The van der Waals surface area contributed by atoms with Crippen LogP contribution in [-0.4, -0.2) is 32.3 Å². The molecule has 0 amide bonds. The molecule has 0 bridgehead atoms. The fourth-order valence-electron chi connectivity index (χ4n) is 2.63. The Bertz CT molecular complexity index is 1060. The second-order valence-electron chi connectivity index (χ2n) is 6.19. The Morgan fingerprint density at radius 1 is 1.15 bits per heavy atom. The summed E-state index contributed by atoms with van der Waals surface area (Å²) in [5.74, 6) is -0.494. The van der Waals surface area contributed by atoms with E-state index in [1.54, 1.807) is 23.0 Å². The van der Waals surface area contributed by atoms with Gasteiger partial charge in [0, 0.05) is 32.4 Å². The summed E-state index contributed by atoms with van der Waals surface area (Å²) in [6, 6.07) is 10.1. The van der Waals surface area contributed by atoms with Gasteiger partial charge in [0.1, 0.15) is 5.82 Å². The summed E-state index contributed by atoms with van der Waals surface area (Å²) in [7, 11) is 1.70. The number of nitrogens with zero attached hydrogens (tertiary/aromatic N) is 3. The average Bonchev–Trinajstić information content (AvgIpc) is 2.93. The van der Waals surface area contributed by atoms with Crippen LogP contribution in [0.3, 0.4) is 0 Å². The fraction of sp³-hybridized carbons (Fsp3) is 0.167. The molecular weight excluding hydrogens is 435 g/mol. The second kappa shape index (κ2) is 7.32. The number of benzene rings is 2. The summed E-state index contributed by atoms with van der Waals surface area (Å²) < 4.78 is 43.5. The van der Waals surface area contributed by atoms with E-state index in [-0.39, 0.29) is 4.90 Å². The number of hydrogen-bond donors (Lipinski definition) is 1. The minimum absolute atomic E-state index is 0.0116. The lowest BCUT2D eigenvalue weighted by Crippen LogP contribution is -2.14. The topological polar surface area (TPSA) is 67.2 Å². The molecule has 0 aliphatic rings. The molecule has 0 saturated heterocycles. The molecule has 1 N–H and O–H groups in total. The Morgan fingerprint density at radius 2 is 1.81 bits per heavy atom. The number of anilines is 2. The van der Waals surface area contributed by atoms with Crippen LogP contribution >= 0.6 is 15.9 Å². The van der Waals surface area contributed by atoms with E-state index in [9.17, 15) is 12.8 Å². The minimum atomic E-state index is -3.85. The molecule has 0 saturated carbocycles. The summed E-state index contributed by atoms with van der Waals surface area (Å²) in [6.45, 7) is 0. The van der Waals surface area contributed by atoms with Gasteiger partial charge in [0.15, 0.2) is 0 Å². The van der Waals surface area contributed by atoms with Crippen molar-refractivity contribution in [3.63, 3.8) is 0 Å². The predicted molar refractivity (Wildman–Crippen MR) is 108 cm³/mol. The van der Waals surface area contributed by atoms with Crippen LogP contribution in [0.2, 0.25) is 0 Å². The van der Waals surface area contributed by atoms with Gasteiger partial charge in [-0.25, -0.2) is 12.8 Å². The fourth-order valence-corrected chi connectivity index (χ4v) is 4.25. The number of aryl methyl sites for hydroxylation is 1. The van der Waals surface area contributed by atoms with Crippen molar-refractivity contribution in [1.29, 1.82) is 0 Å². The normalized spacial score (nSPS) is 11.4. The number of aromatic nitrogens is 2. The quantitative estimate of drug-likeness (QED) is 0.638. The Kier molecular flexibility index (Phi) is 5.25. The largest absolute Gasteiger partial charge is 0.378 e. The molecule has 6 nitrogen and oxygen atoms in total. The molecule has 2 aromatic carbocycles. The Morgan fingerprint density at radius 3 is 2.37 bits per heavy atom. The van der Waals surface area contributed by atoms with E-state index < -0.39 is 15.8 Å². The van der Waals surface area contributed by atoms with E-state index in [2.05, 4.69) is 25.8 Å². The second-order valence-corrected chi connectivity index (χ2v) is 8.72. The van der Waals surface area contributed by atoms with E-state index in [1.807, 2.05) is 32.1 Å². The van der Waals surface area contributed by atoms with Gasteiger partial charge in [-0.05, 0) is 58.4 Å². The first-order chi connectivity index (χ1) is 12.7. The summed E-state index contributed by atoms with van der Waals surface area (Å²) in [6.07, 6.45) is 1.68. The van der Waals surface area contributed by atoms with Crippen molar-refractivity contribution in [2.45, 2.75) is 4.90 Å². The molecule has 0 fully saturated rings. The first kappa shape index (κ1) is 19.4. The monoisotopic (exact) mass is 452 g/mol. The summed E-state index contributed by atoms with van der Waals surface area (Å²) >= 11 is 3.47. The smallest absolute Gasteiger partial charge is 0.261 e. The van der Waals surface area contributed by atoms with Gasteiger partial charge in [0.25, 0.3) is 10.0 Å². The zero-order valence-corrected chi connectivity index (χ0v) is 17.3. The molecule has 0 spiro atoms. The van der Waals surface area contributed by atoms with Crippen molar-refractivity contribution in [3.05, 3.63) is 59.0 Å². The van der Waals surface area contributed by atoms with Crippen LogP contribution < -0.4 is 9.62 Å². The molecule has 1 aromatic heterocycles. The third-order valence-corrected chi connectivity index (χ3v) is 5.96. The Hall–Kier alpha value is -2.39. The molecule has 0 radical (unpaired) electrons. The van der Waals surface area contributed by atoms with Gasteiger partial charge in [-0.2, -0.15) is 5.10 Å². The van der Waals surface area contributed by atoms with Crippen LogP contribution in [0.25, 0.3) is 11.3 Å². The molecule has 0 unspecified atom stereocenters. The molecule has 0 aliphatic heterocycles.